The standard InChI is InChI=1S/C15H13F3N4/c1-8-9(2)14-20-7-12(19)22(14)21-13(8)10-5-3-4-6-11(10)15(16,17)18/h3-7H,19H2,1-2H3. The van der Waals surface area contributed by atoms with Crippen LogP contribution in [0.5, 0.6) is 0 Å². The Morgan fingerprint density at radius 3 is 2.45 bits per heavy atom. The highest BCUT2D eigenvalue weighted by atomic mass is 19.4. The van der Waals surface area contributed by atoms with Crippen LogP contribution in [0.1, 0.15) is 16.7 Å². The summed E-state index contributed by atoms with van der Waals surface area (Å²) in [6.45, 7) is 3.52. The summed E-state index contributed by atoms with van der Waals surface area (Å²) in [6, 6.07) is 5.38. The van der Waals surface area contributed by atoms with Gasteiger partial charge < -0.3 is 5.73 Å². The summed E-state index contributed by atoms with van der Waals surface area (Å²) in [5.41, 5.74) is 7.29. The van der Waals surface area contributed by atoms with Crippen LogP contribution in [0.2, 0.25) is 0 Å². The van der Waals surface area contributed by atoms with Gasteiger partial charge in [0.25, 0.3) is 0 Å². The third-order valence-corrected chi connectivity index (χ3v) is 3.70. The Balaban J connectivity index is 2.37. The number of alkyl halides is 3. The number of benzene rings is 1. The minimum absolute atomic E-state index is 0.0330. The van der Waals surface area contributed by atoms with Crippen molar-refractivity contribution in [2.45, 2.75) is 20.0 Å². The van der Waals surface area contributed by atoms with Gasteiger partial charge in [-0.25, -0.2) is 4.98 Å². The van der Waals surface area contributed by atoms with E-state index in [0.29, 0.717) is 11.2 Å². The van der Waals surface area contributed by atoms with E-state index in [9.17, 15) is 13.2 Å². The average molecular weight is 306 g/mol. The lowest BCUT2D eigenvalue weighted by atomic mass is 9.99. The summed E-state index contributed by atoms with van der Waals surface area (Å²) in [4.78, 5) is 4.14. The van der Waals surface area contributed by atoms with E-state index in [1.165, 1.54) is 22.8 Å². The highest BCUT2D eigenvalue weighted by Gasteiger charge is 2.34. The molecule has 0 atom stereocenters. The zero-order chi connectivity index (χ0) is 16.1. The molecule has 0 unspecified atom stereocenters. The van der Waals surface area contributed by atoms with Crippen molar-refractivity contribution in [1.29, 1.82) is 0 Å². The monoisotopic (exact) mass is 306 g/mol. The molecule has 3 aromatic rings. The number of rotatable bonds is 1. The first-order valence-corrected chi connectivity index (χ1v) is 6.57. The van der Waals surface area contributed by atoms with E-state index in [2.05, 4.69) is 10.1 Å². The predicted molar refractivity (Wildman–Crippen MR) is 77.3 cm³/mol. The van der Waals surface area contributed by atoms with Crippen LogP contribution in [0.25, 0.3) is 16.9 Å². The summed E-state index contributed by atoms with van der Waals surface area (Å²) in [7, 11) is 0. The van der Waals surface area contributed by atoms with Gasteiger partial charge in [0.1, 0.15) is 5.82 Å². The third-order valence-electron chi connectivity index (χ3n) is 3.70. The van der Waals surface area contributed by atoms with Gasteiger partial charge in [0.05, 0.1) is 17.5 Å². The van der Waals surface area contributed by atoms with Crippen molar-refractivity contribution in [2.75, 3.05) is 5.73 Å². The molecular weight excluding hydrogens is 293 g/mol. The number of halogens is 3. The van der Waals surface area contributed by atoms with Crippen LogP contribution in [-0.4, -0.2) is 14.6 Å². The van der Waals surface area contributed by atoms with Crippen LogP contribution >= 0.6 is 0 Å². The second-order valence-corrected chi connectivity index (χ2v) is 5.06. The number of hydrogen-bond acceptors (Lipinski definition) is 3. The molecule has 2 N–H and O–H groups in total. The number of nitrogens with zero attached hydrogens (tertiary/aromatic N) is 3. The maximum absolute atomic E-state index is 13.2. The van der Waals surface area contributed by atoms with E-state index >= 15 is 0 Å². The molecule has 114 valence electrons. The summed E-state index contributed by atoms with van der Waals surface area (Å²) < 4.78 is 41.0. The molecule has 0 radical (unpaired) electrons. The van der Waals surface area contributed by atoms with E-state index in [4.69, 9.17) is 5.73 Å². The molecule has 2 aromatic heterocycles. The molecule has 0 amide bonds. The predicted octanol–water partition coefficient (Wildman–Crippen LogP) is 3.61. The molecule has 4 nitrogen and oxygen atoms in total. The fourth-order valence-corrected chi connectivity index (χ4v) is 2.43. The van der Waals surface area contributed by atoms with Crippen molar-refractivity contribution in [3.05, 3.63) is 47.2 Å². The van der Waals surface area contributed by atoms with Crippen molar-refractivity contribution in [3.63, 3.8) is 0 Å². The van der Waals surface area contributed by atoms with Crippen molar-refractivity contribution >= 4 is 11.5 Å². The number of anilines is 1. The quantitative estimate of drug-likeness (QED) is 0.747. The van der Waals surface area contributed by atoms with Crippen LogP contribution in [0.3, 0.4) is 0 Å². The number of nitrogens with two attached hydrogens (primary N) is 1. The van der Waals surface area contributed by atoms with Crippen LogP contribution < -0.4 is 5.73 Å². The highest BCUT2D eigenvalue weighted by molar-refractivity contribution is 5.71. The van der Waals surface area contributed by atoms with E-state index < -0.39 is 11.7 Å². The van der Waals surface area contributed by atoms with E-state index in [1.807, 2.05) is 0 Å². The first kappa shape index (κ1) is 14.4. The van der Waals surface area contributed by atoms with Crippen LogP contribution in [0.15, 0.2) is 30.5 Å². The molecule has 0 aliphatic heterocycles. The first-order valence-electron chi connectivity index (χ1n) is 6.57. The number of hydrogen-bond donors (Lipinski definition) is 1. The molecule has 0 saturated carbocycles. The lowest BCUT2D eigenvalue weighted by molar-refractivity contribution is -0.137. The van der Waals surface area contributed by atoms with Gasteiger partial charge in [-0.2, -0.15) is 22.8 Å². The third kappa shape index (κ3) is 2.09. The molecule has 22 heavy (non-hydrogen) atoms. The van der Waals surface area contributed by atoms with E-state index in [-0.39, 0.29) is 17.1 Å². The number of nitrogen functional groups attached to an aromatic ring is 1. The Morgan fingerprint density at radius 2 is 1.77 bits per heavy atom. The van der Waals surface area contributed by atoms with Crippen molar-refractivity contribution in [3.8, 4) is 11.3 Å². The molecule has 7 heteroatoms. The fourth-order valence-electron chi connectivity index (χ4n) is 2.43. The highest BCUT2D eigenvalue weighted by Crippen LogP contribution is 2.38. The lowest BCUT2D eigenvalue weighted by Crippen LogP contribution is -2.10. The van der Waals surface area contributed by atoms with E-state index in [1.54, 1.807) is 19.9 Å². The smallest absolute Gasteiger partial charge is 0.382 e. The minimum Gasteiger partial charge on any atom is -0.382 e. The van der Waals surface area contributed by atoms with Gasteiger partial charge in [0.15, 0.2) is 5.65 Å². The van der Waals surface area contributed by atoms with Gasteiger partial charge >= 0.3 is 6.18 Å². The average Bonchev–Trinajstić information content (AvgIpc) is 2.83. The SMILES string of the molecule is Cc1c(-c2ccccc2C(F)(F)F)nn2c(N)cnc2c1C. The zero-order valence-electron chi connectivity index (χ0n) is 11.9. The largest absolute Gasteiger partial charge is 0.417 e. The summed E-state index contributed by atoms with van der Waals surface area (Å²) in [5, 5.41) is 4.27. The lowest BCUT2D eigenvalue weighted by Gasteiger charge is -2.15. The van der Waals surface area contributed by atoms with Gasteiger partial charge in [-0.15, -0.1) is 0 Å². The molecule has 0 aliphatic carbocycles. The second-order valence-electron chi connectivity index (χ2n) is 5.06. The molecule has 0 spiro atoms. The van der Waals surface area contributed by atoms with Crippen LogP contribution in [-0.2, 0) is 6.18 Å². The summed E-state index contributed by atoms with van der Waals surface area (Å²) in [6.07, 6.45) is -3.01. The van der Waals surface area contributed by atoms with Gasteiger partial charge in [-0.1, -0.05) is 18.2 Å². The zero-order valence-corrected chi connectivity index (χ0v) is 11.9. The van der Waals surface area contributed by atoms with Crippen molar-refractivity contribution < 1.29 is 13.2 Å². The minimum atomic E-state index is -4.45. The molecule has 3 rings (SSSR count). The number of aryl methyl sites for hydroxylation is 1. The summed E-state index contributed by atoms with van der Waals surface area (Å²) >= 11 is 0. The molecule has 2 heterocycles. The van der Waals surface area contributed by atoms with Gasteiger partial charge in [-0.05, 0) is 31.0 Å². The maximum atomic E-state index is 13.2. The Morgan fingerprint density at radius 1 is 1.09 bits per heavy atom. The number of fused-ring (bicyclic) bond motifs is 1. The van der Waals surface area contributed by atoms with E-state index in [0.717, 1.165) is 11.6 Å². The molecule has 0 aliphatic rings. The Kier molecular flexibility index (Phi) is 3.09. The Hall–Kier alpha value is -2.57. The number of imidazole rings is 1. The molecule has 0 fully saturated rings. The van der Waals surface area contributed by atoms with Crippen LogP contribution in [0.4, 0.5) is 19.0 Å². The Bertz CT molecular complexity index is 865. The Labute approximate surface area is 124 Å². The topological polar surface area (TPSA) is 56.2 Å². The maximum Gasteiger partial charge on any atom is 0.417 e. The van der Waals surface area contributed by atoms with Crippen LogP contribution in [0, 0.1) is 13.8 Å². The van der Waals surface area contributed by atoms with Crippen molar-refractivity contribution in [1.82, 2.24) is 14.6 Å². The second kappa shape index (κ2) is 4.72. The number of aromatic nitrogens is 3. The normalized spacial score (nSPS) is 12.0. The van der Waals surface area contributed by atoms with Crippen molar-refractivity contribution in [2.24, 2.45) is 0 Å². The first-order chi connectivity index (χ1) is 10.3. The van der Waals surface area contributed by atoms with Gasteiger partial charge in [0, 0.05) is 5.56 Å². The molecule has 0 saturated heterocycles. The molecule has 0 bridgehead atoms. The molecular formula is C15H13F3N4. The van der Waals surface area contributed by atoms with Gasteiger partial charge in [0.2, 0.25) is 0 Å². The van der Waals surface area contributed by atoms with Gasteiger partial charge in [-0.3, -0.25) is 0 Å². The molecule has 1 aromatic carbocycles. The fraction of sp³-hybridized carbons (Fsp3) is 0.200. The summed E-state index contributed by atoms with van der Waals surface area (Å²) in [5.74, 6) is 0.281.